The largest absolute Gasteiger partial charge is 0.497 e. The fraction of sp³-hybridized carbons (Fsp3) is 0.333. The van der Waals surface area contributed by atoms with Gasteiger partial charge in [-0.05, 0) is 36.4 Å². The van der Waals surface area contributed by atoms with E-state index in [2.05, 4.69) is 14.3 Å². The topological polar surface area (TPSA) is 59.3 Å². The van der Waals surface area contributed by atoms with E-state index in [1.165, 1.54) is 5.69 Å². The Balaban J connectivity index is 1.25. The molecule has 0 aliphatic carbocycles. The number of imidazole rings is 1. The molecule has 1 amide bonds. The van der Waals surface area contributed by atoms with Crippen LogP contribution in [0.5, 0.6) is 11.5 Å². The molecule has 1 aliphatic rings. The number of carbonyl (C=O) groups is 1. The van der Waals surface area contributed by atoms with E-state index >= 15 is 0 Å². The van der Waals surface area contributed by atoms with Crippen LogP contribution in [0.4, 0.5) is 0 Å². The third kappa shape index (κ3) is 4.09. The highest BCUT2D eigenvalue weighted by atomic mass is 16.5. The van der Waals surface area contributed by atoms with E-state index in [4.69, 9.17) is 9.47 Å². The van der Waals surface area contributed by atoms with Crippen LogP contribution < -0.4 is 9.47 Å². The number of rotatable bonds is 6. The minimum atomic E-state index is 0.0188. The van der Waals surface area contributed by atoms with Crippen LogP contribution in [0.2, 0.25) is 0 Å². The number of methoxy groups -OCH3 is 1. The average Bonchev–Trinajstić information content (AvgIpc) is 3.16. The molecule has 0 unspecified atom stereocenters. The molecule has 1 aromatic carbocycles. The number of hydrogen-bond donors (Lipinski definition) is 0. The molecule has 0 saturated carbocycles. The van der Waals surface area contributed by atoms with Crippen molar-refractivity contribution in [2.45, 2.75) is 6.54 Å². The highest BCUT2D eigenvalue weighted by Crippen LogP contribution is 2.17. The second-order valence-corrected chi connectivity index (χ2v) is 6.80. The van der Waals surface area contributed by atoms with Crippen LogP contribution in [-0.4, -0.2) is 65.0 Å². The van der Waals surface area contributed by atoms with Gasteiger partial charge < -0.3 is 18.8 Å². The van der Waals surface area contributed by atoms with E-state index in [1.54, 1.807) is 19.2 Å². The molecule has 0 radical (unpaired) electrons. The number of ether oxygens (including phenoxy) is 2. The molecule has 0 spiro atoms. The molecular formula is C21H24N4O3. The van der Waals surface area contributed by atoms with Gasteiger partial charge in [0.1, 0.15) is 17.1 Å². The van der Waals surface area contributed by atoms with E-state index in [0.717, 1.165) is 31.0 Å². The van der Waals surface area contributed by atoms with Crippen LogP contribution >= 0.6 is 0 Å². The molecule has 7 heteroatoms. The first-order valence-corrected chi connectivity index (χ1v) is 9.41. The Morgan fingerprint density at radius 2 is 1.79 bits per heavy atom. The van der Waals surface area contributed by atoms with Crippen molar-refractivity contribution in [1.29, 1.82) is 0 Å². The fourth-order valence-corrected chi connectivity index (χ4v) is 3.39. The first-order chi connectivity index (χ1) is 13.7. The third-order valence-corrected chi connectivity index (χ3v) is 5.03. The molecule has 1 fully saturated rings. The number of hydrogen-bond acceptors (Lipinski definition) is 5. The van der Waals surface area contributed by atoms with Gasteiger partial charge in [0.2, 0.25) is 0 Å². The van der Waals surface area contributed by atoms with Gasteiger partial charge in [-0.2, -0.15) is 0 Å². The van der Waals surface area contributed by atoms with Crippen molar-refractivity contribution in [2.24, 2.45) is 0 Å². The van der Waals surface area contributed by atoms with Crippen molar-refractivity contribution >= 4 is 11.6 Å². The first kappa shape index (κ1) is 18.3. The second-order valence-electron chi connectivity index (χ2n) is 6.80. The van der Waals surface area contributed by atoms with Gasteiger partial charge in [-0.15, -0.1) is 0 Å². The van der Waals surface area contributed by atoms with Crippen molar-refractivity contribution < 1.29 is 14.3 Å². The van der Waals surface area contributed by atoms with Gasteiger partial charge in [-0.25, -0.2) is 4.98 Å². The minimum absolute atomic E-state index is 0.0188. The molecule has 3 heterocycles. The molecule has 2 aromatic heterocycles. The van der Waals surface area contributed by atoms with E-state index < -0.39 is 0 Å². The molecular weight excluding hydrogens is 356 g/mol. The molecule has 146 valence electrons. The summed E-state index contributed by atoms with van der Waals surface area (Å²) in [4.78, 5) is 21.1. The van der Waals surface area contributed by atoms with Gasteiger partial charge in [0.05, 0.1) is 19.0 Å². The number of amides is 1. The predicted molar refractivity (Wildman–Crippen MR) is 106 cm³/mol. The second kappa shape index (κ2) is 8.31. The van der Waals surface area contributed by atoms with Crippen LogP contribution in [0.15, 0.2) is 54.9 Å². The van der Waals surface area contributed by atoms with Gasteiger partial charge >= 0.3 is 0 Å². The number of pyridine rings is 1. The number of nitrogens with zero attached hydrogens (tertiary/aromatic N) is 4. The summed E-state index contributed by atoms with van der Waals surface area (Å²) in [5.41, 5.74) is 2.13. The lowest BCUT2D eigenvalue weighted by atomic mass is 10.3. The van der Waals surface area contributed by atoms with Crippen LogP contribution in [-0.2, 0) is 11.3 Å². The highest BCUT2D eigenvalue weighted by Gasteiger charge is 2.22. The lowest BCUT2D eigenvalue weighted by molar-refractivity contribution is -0.135. The van der Waals surface area contributed by atoms with Crippen molar-refractivity contribution in [3.05, 3.63) is 60.6 Å². The molecule has 4 rings (SSSR count). The van der Waals surface area contributed by atoms with E-state index in [9.17, 15) is 4.79 Å². The lowest BCUT2D eigenvalue weighted by Gasteiger charge is -2.34. The molecule has 1 saturated heterocycles. The number of aromatic nitrogens is 2. The van der Waals surface area contributed by atoms with Gasteiger partial charge in [0.25, 0.3) is 5.91 Å². The third-order valence-electron chi connectivity index (χ3n) is 5.03. The summed E-state index contributed by atoms with van der Waals surface area (Å²) < 4.78 is 12.8. The van der Waals surface area contributed by atoms with Crippen molar-refractivity contribution in [1.82, 2.24) is 19.2 Å². The average molecular weight is 380 g/mol. The fourth-order valence-electron chi connectivity index (χ4n) is 3.39. The van der Waals surface area contributed by atoms with Gasteiger partial charge in [0.15, 0.2) is 6.61 Å². The van der Waals surface area contributed by atoms with Gasteiger partial charge in [-0.3, -0.25) is 9.69 Å². The van der Waals surface area contributed by atoms with Gasteiger partial charge in [0, 0.05) is 38.9 Å². The molecule has 1 aliphatic heterocycles. The summed E-state index contributed by atoms with van der Waals surface area (Å²) in [6, 6.07) is 13.3. The Kier molecular flexibility index (Phi) is 5.43. The highest BCUT2D eigenvalue weighted by molar-refractivity contribution is 5.77. The summed E-state index contributed by atoms with van der Waals surface area (Å²) in [5, 5.41) is 0. The minimum Gasteiger partial charge on any atom is -0.497 e. The standard InChI is InChI=1S/C21H24N4O3/c1-27-18-5-7-19(8-6-18)28-16-21(26)24-12-10-23(11-13-24)15-17-14-22-20-4-2-3-9-25(17)20/h2-9,14H,10-13,15-16H2,1H3. The lowest BCUT2D eigenvalue weighted by Crippen LogP contribution is -2.49. The zero-order valence-electron chi connectivity index (χ0n) is 16.0. The summed E-state index contributed by atoms with van der Waals surface area (Å²) in [6.45, 7) is 3.99. The molecule has 0 N–H and O–H groups in total. The molecule has 28 heavy (non-hydrogen) atoms. The Morgan fingerprint density at radius 1 is 1.04 bits per heavy atom. The zero-order valence-corrected chi connectivity index (χ0v) is 16.0. The van der Waals surface area contributed by atoms with E-state index in [-0.39, 0.29) is 12.5 Å². The zero-order chi connectivity index (χ0) is 19.3. The monoisotopic (exact) mass is 380 g/mol. The number of fused-ring (bicyclic) bond motifs is 1. The van der Waals surface area contributed by atoms with Crippen LogP contribution in [0.3, 0.4) is 0 Å². The molecule has 7 nitrogen and oxygen atoms in total. The van der Waals surface area contributed by atoms with Crippen LogP contribution in [0.25, 0.3) is 5.65 Å². The van der Waals surface area contributed by atoms with Gasteiger partial charge in [-0.1, -0.05) is 6.07 Å². The Bertz CT molecular complexity index is 930. The van der Waals surface area contributed by atoms with E-state index in [0.29, 0.717) is 18.8 Å². The number of carbonyl (C=O) groups excluding carboxylic acids is 1. The molecule has 0 bridgehead atoms. The Hall–Kier alpha value is -3.06. The predicted octanol–water partition coefficient (Wildman–Crippen LogP) is 2.07. The summed E-state index contributed by atoms with van der Waals surface area (Å²) in [5.74, 6) is 1.45. The quantitative estimate of drug-likeness (QED) is 0.655. The number of benzene rings is 1. The number of piperazine rings is 1. The van der Waals surface area contributed by atoms with Crippen molar-refractivity contribution in [2.75, 3.05) is 39.9 Å². The van der Waals surface area contributed by atoms with Crippen molar-refractivity contribution in [3.63, 3.8) is 0 Å². The van der Waals surface area contributed by atoms with Crippen LogP contribution in [0.1, 0.15) is 5.69 Å². The maximum atomic E-state index is 12.4. The maximum absolute atomic E-state index is 12.4. The SMILES string of the molecule is COc1ccc(OCC(=O)N2CCN(Cc3cnc4ccccn34)CC2)cc1. The van der Waals surface area contributed by atoms with Crippen LogP contribution in [0, 0.1) is 0 Å². The molecule has 0 atom stereocenters. The Labute approximate surface area is 164 Å². The molecule has 3 aromatic rings. The summed E-state index contributed by atoms with van der Waals surface area (Å²) in [7, 11) is 1.62. The van der Waals surface area contributed by atoms with E-state index in [1.807, 2.05) is 47.6 Å². The Morgan fingerprint density at radius 3 is 2.54 bits per heavy atom. The maximum Gasteiger partial charge on any atom is 0.260 e. The summed E-state index contributed by atoms with van der Waals surface area (Å²) >= 11 is 0. The first-order valence-electron chi connectivity index (χ1n) is 9.41. The normalized spacial score (nSPS) is 15.0. The summed E-state index contributed by atoms with van der Waals surface area (Å²) in [6.07, 6.45) is 3.96. The smallest absolute Gasteiger partial charge is 0.260 e. The van der Waals surface area contributed by atoms with Crippen molar-refractivity contribution in [3.8, 4) is 11.5 Å².